The van der Waals surface area contributed by atoms with E-state index in [0.717, 1.165) is 6.92 Å². The van der Waals surface area contributed by atoms with Crippen molar-refractivity contribution in [1.29, 1.82) is 0 Å². The number of benzene rings is 1. The zero-order valence-corrected chi connectivity index (χ0v) is 22.7. The molecule has 0 aromatic heterocycles. The molecule has 2 unspecified atom stereocenters. The van der Waals surface area contributed by atoms with Gasteiger partial charge in [0.05, 0.1) is 22.6 Å². The molecule has 2 atom stereocenters. The summed E-state index contributed by atoms with van der Waals surface area (Å²) >= 11 is 0. The third-order valence-corrected chi connectivity index (χ3v) is 12.0. The molecule has 0 aliphatic carbocycles. The van der Waals surface area contributed by atoms with E-state index < -0.39 is 5.97 Å². The van der Waals surface area contributed by atoms with Gasteiger partial charge in [0.1, 0.15) is 0 Å². The molecule has 1 aromatic carbocycles. The molecule has 160 valence electrons. The summed E-state index contributed by atoms with van der Waals surface area (Å²) in [6, 6.07) is 6.24. The minimum absolute atomic E-state index is 0. The van der Waals surface area contributed by atoms with E-state index in [-0.39, 0.29) is 36.3 Å². The van der Waals surface area contributed by atoms with Gasteiger partial charge in [-0.25, -0.2) is 0 Å². The van der Waals surface area contributed by atoms with Crippen LogP contribution in [0.25, 0.3) is 0 Å². The van der Waals surface area contributed by atoms with Gasteiger partial charge in [-0.05, 0) is 41.5 Å². The van der Waals surface area contributed by atoms with Gasteiger partial charge in [-0.2, -0.15) is 23.3 Å². The smallest absolute Gasteiger partial charge is 0.300 e. The molecule has 0 aliphatic rings. The number of hydrogen-bond donors (Lipinski definition) is 1. The summed E-state index contributed by atoms with van der Waals surface area (Å²) in [5, 5.41) is 8.34. The van der Waals surface area contributed by atoms with Crippen LogP contribution >= 0.6 is 15.8 Å². The van der Waals surface area contributed by atoms with E-state index in [2.05, 4.69) is 80.9 Å². The van der Waals surface area contributed by atoms with Crippen molar-refractivity contribution in [2.24, 2.45) is 0 Å². The van der Waals surface area contributed by atoms with Gasteiger partial charge in [-0.3, -0.25) is 4.79 Å². The quantitative estimate of drug-likeness (QED) is 0.289. The normalized spacial score (nSPS) is 13.7. The molecule has 0 aliphatic heterocycles. The van der Waals surface area contributed by atoms with Crippen LogP contribution in [0, 0.1) is 19.9 Å². The summed E-state index contributed by atoms with van der Waals surface area (Å²) in [6.07, 6.45) is 2.49. The molecule has 0 amide bonds. The zero-order valence-electron chi connectivity index (χ0n) is 19.2. The fraction of sp³-hybridized carbons (Fsp3) is 0.682. The van der Waals surface area contributed by atoms with Crippen molar-refractivity contribution in [2.75, 3.05) is 13.3 Å². The Hall–Kier alpha value is 0.212. The van der Waals surface area contributed by atoms with E-state index in [1.54, 1.807) is 0 Å². The van der Waals surface area contributed by atoms with Gasteiger partial charge in [-0.1, -0.05) is 13.8 Å². The van der Waals surface area contributed by atoms with Gasteiger partial charge < -0.3 is 5.11 Å². The van der Waals surface area contributed by atoms with Crippen molar-refractivity contribution in [3.8, 4) is 0 Å². The molecule has 5 heteroatoms. The van der Waals surface area contributed by atoms with Crippen molar-refractivity contribution < 1.29 is 30.3 Å². The molecule has 0 heterocycles. The third kappa shape index (κ3) is 11.7. The minimum atomic E-state index is -0.833. The molecule has 1 N–H and O–H groups in total. The van der Waals surface area contributed by atoms with E-state index in [1.807, 2.05) is 0 Å². The van der Waals surface area contributed by atoms with Crippen molar-refractivity contribution in [2.45, 2.75) is 84.9 Å². The number of rotatable bonds is 4. The number of hydrogen-bond acceptors (Lipinski definition) is 1. The van der Waals surface area contributed by atoms with Crippen LogP contribution in [0.15, 0.2) is 6.07 Å². The fourth-order valence-electron chi connectivity index (χ4n) is 2.31. The summed E-state index contributed by atoms with van der Waals surface area (Å²) in [4.78, 5) is 9.00. The second-order valence-electron chi connectivity index (χ2n) is 9.53. The van der Waals surface area contributed by atoms with E-state index >= 15 is 0 Å². The van der Waals surface area contributed by atoms with Crippen molar-refractivity contribution in [3.63, 3.8) is 0 Å². The molecule has 1 rings (SSSR count). The average molecular weight is 506 g/mol. The van der Waals surface area contributed by atoms with Gasteiger partial charge >= 0.3 is 0 Å². The topological polar surface area (TPSA) is 37.3 Å². The van der Waals surface area contributed by atoms with Crippen LogP contribution in [0.4, 0.5) is 0 Å². The van der Waals surface area contributed by atoms with E-state index in [1.165, 1.54) is 34.6 Å². The maximum absolute atomic E-state index is 9.00. The Bertz CT molecular complexity index is 554. The summed E-state index contributed by atoms with van der Waals surface area (Å²) in [5.74, 6) is -0.833. The Morgan fingerprint density at radius 2 is 1.19 bits per heavy atom. The van der Waals surface area contributed by atoms with Gasteiger partial charge in [0.15, 0.2) is 0 Å². The van der Waals surface area contributed by atoms with E-state index in [9.17, 15) is 0 Å². The maximum atomic E-state index is 9.00. The zero-order chi connectivity index (χ0) is 20.9. The van der Waals surface area contributed by atoms with Crippen LogP contribution in [0.2, 0.25) is 0 Å². The minimum Gasteiger partial charge on any atom is -0.481 e. The first kappa shape index (κ1) is 29.4. The monoisotopic (exact) mass is 505 g/mol. The predicted octanol–water partition coefficient (Wildman–Crippen LogP) is 6.48. The Kier molecular flexibility index (Phi) is 13.1. The van der Waals surface area contributed by atoms with Gasteiger partial charge in [0, 0.05) is 56.5 Å². The maximum Gasteiger partial charge on any atom is 0.300 e. The number of carboxylic acids is 1. The molecule has 0 saturated carbocycles. The summed E-state index contributed by atoms with van der Waals surface area (Å²) in [6.45, 7) is 24.9. The number of carboxylic acid groups (broad SMARTS) is 1. The first-order valence-corrected chi connectivity index (χ1v) is 13.8. The molecule has 2 nitrogen and oxygen atoms in total. The Morgan fingerprint density at radius 1 is 0.926 bits per heavy atom. The van der Waals surface area contributed by atoms with Crippen LogP contribution in [0.1, 0.15) is 70.7 Å². The molecule has 1 aromatic rings. The second-order valence-corrected chi connectivity index (χ2v) is 16.4. The van der Waals surface area contributed by atoms with Crippen LogP contribution in [-0.4, -0.2) is 34.7 Å². The predicted molar refractivity (Wildman–Crippen MR) is 123 cm³/mol. The van der Waals surface area contributed by atoms with Gasteiger partial charge in [-0.15, -0.1) is 11.1 Å². The first-order chi connectivity index (χ1) is 11.6. The van der Waals surface area contributed by atoms with Crippen molar-refractivity contribution in [1.82, 2.24) is 0 Å². The van der Waals surface area contributed by atoms with Crippen molar-refractivity contribution >= 4 is 21.8 Å². The molecular weight excluding hydrogens is 465 g/mol. The van der Waals surface area contributed by atoms with E-state index in [0.29, 0.717) is 10.3 Å². The summed E-state index contributed by atoms with van der Waals surface area (Å²) < 4.78 is 0. The Labute approximate surface area is 184 Å². The SMILES string of the molecule is CC(=O)O.Cc1cc(C)c(C[PH+](C)C(C)(C)C)[c-]c1C[PH+](C)C(C)(C)C.[Pd]. The largest absolute Gasteiger partial charge is 0.481 e. The second kappa shape index (κ2) is 12.0. The van der Waals surface area contributed by atoms with Crippen LogP contribution < -0.4 is 0 Å². The molecule has 27 heavy (non-hydrogen) atoms. The Morgan fingerprint density at radius 3 is 1.41 bits per heavy atom. The molecule has 0 saturated heterocycles. The van der Waals surface area contributed by atoms with Crippen LogP contribution in [-0.2, 0) is 37.5 Å². The number of aliphatic carboxylic acids is 1. The molecule has 0 fully saturated rings. The average Bonchev–Trinajstić information content (AvgIpc) is 2.41. The molecule has 0 spiro atoms. The third-order valence-electron chi connectivity index (χ3n) is 5.13. The standard InChI is InChI=1S/C20H35P2.C2H4O2.Pd/c1-15-11-16(2)18(14-22(10)20(6,7)8)12-17(15)13-21(9)19(3,4)5;1-2(3)4;/h11H,13-14H2,1-10H3;1H3,(H,3,4);/q-1;;/p+2. The van der Waals surface area contributed by atoms with Crippen molar-refractivity contribution in [3.05, 3.63) is 34.4 Å². The molecule has 0 bridgehead atoms. The van der Waals surface area contributed by atoms with Crippen LogP contribution in [0.3, 0.4) is 0 Å². The Balaban J connectivity index is 0. The van der Waals surface area contributed by atoms with E-state index in [4.69, 9.17) is 9.90 Å². The molecular formula is C22H41O2P2Pd+. The molecule has 0 radical (unpaired) electrons. The summed E-state index contributed by atoms with van der Waals surface area (Å²) in [7, 11) is -0.776. The van der Waals surface area contributed by atoms with Gasteiger partial charge in [0.2, 0.25) is 0 Å². The number of aryl methyl sites for hydroxylation is 2. The number of carbonyl (C=O) groups is 1. The summed E-state index contributed by atoms with van der Waals surface area (Å²) in [5.41, 5.74) is 5.84. The van der Waals surface area contributed by atoms with Gasteiger partial charge in [0.25, 0.3) is 5.97 Å². The fourth-order valence-corrected chi connectivity index (χ4v) is 5.16. The van der Waals surface area contributed by atoms with Crippen LogP contribution in [0.5, 0.6) is 0 Å². The first-order valence-electron chi connectivity index (χ1n) is 9.42.